The van der Waals surface area contributed by atoms with Gasteiger partial charge in [0.1, 0.15) is 0 Å². The van der Waals surface area contributed by atoms with Crippen molar-refractivity contribution in [2.75, 3.05) is 4.90 Å². The summed E-state index contributed by atoms with van der Waals surface area (Å²) < 4.78 is 1.38. The van der Waals surface area contributed by atoms with Crippen LogP contribution in [0.1, 0.15) is 25.0 Å². The summed E-state index contributed by atoms with van der Waals surface area (Å²) in [6.07, 6.45) is 0. The molecule has 8 aromatic rings. The Morgan fingerprint density at radius 1 is 0.489 bits per heavy atom. The van der Waals surface area contributed by atoms with Crippen LogP contribution in [0.25, 0.3) is 53.6 Å². The standard InChI is InChI=1S/C45H33NS/c1-45(2)40-29-34(23-28-38(40)44-43(45)39-16-8-9-18-42(39)47-44)32-21-26-36(27-22-32)46(41-17-10-14-33-13-6-7-15-37(33)41)35-24-19-31(20-25-35)30-11-4-3-5-12-30/h3-29H,1-2H3. The Labute approximate surface area is 280 Å². The number of fused-ring (bicyclic) bond motifs is 6. The summed E-state index contributed by atoms with van der Waals surface area (Å²) in [5, 5.41) is 3.85. The summed E-state index contributed by atoms with van der Waals surface area (Å²) >= 11 is 1.93. The molecule has 47 heavy (non-hydrogen) atoms. The van der Waals surface area contributed by atoms with E-state index < -0.39 is 0 Å². The molecule has 0 amide bonds. The molecule has 0 fully saturated rings. The van der Waals surface area contributed by atoms with E-state index in [1.54, 1.807) is 0 Å². The maximum atomic E-state index is 2.43. The summed E-state index contributed by atoms with van der Waals surface area (Å²) in [6.45, 7) is 4.77. The highest BCUT2D eigenvalue weighted by atomic mass is 32.1. The van der Waals surface area contributed by atoms with Crippen LogP contribution in [0.15, 0.2) is 164 Å². The van der Waals surface area contributed by atoms with E-state index >= 15 is 0 Å². The smallest absolute Gasteiger partial charge is 0.0540 e. The molecule has 0 atom stereocenters. The molecule has 1 aliphatic carbocycles. The summed E-state index contributed by atoms with van der Waals surface area (Å²) in [5.74, 6) is 0. The highest BCUT2D eigenvalue weighted by Gasteiger charge is 2.38. The molecule has 1 heterocycles. The van der Waals surface area contributed by atoms with Crippen LogP contribution in [-0.2, 0) is 5.41 Å². The van der Waals surface area contributed by atoms with Crippen LogP contribution in [0.3, 0.4) is 0 Å². The van der Waals surface area contributed by atoms with Gasteiger partial charge in [-0.3, -0.25) is 0 Å². The number of thiophene rings is 1. The molecule has 0 unspecified atom stereocenters. The van der Waals surface area contributed by atoms with E-state index in [-0.39, 0.29) is 5.41 Å². The molecular formula is C45H33NS. The molecule has 9 rings (SSSR count). The minimum Gasteiger partial charge on any atom is -0.310 e. The Morgan fingerprint density at radius 3 is 1.81 bits per heavy atom. The lowest BCUT2D eigenvalue weighted by Crippen LogP contribution is -2.15. The first kappa shape index (κ1) is 27.8. The van der Waals surface area contributed by atoms with Crippen molar-refractivity contribution < 1.29 is 0 Å². The highest BCUT2D eigenvalue weighted by Crippen LogP contribution is 2.56. The average molecular weight is 620 g/mol. The molecule has 0 bridgehead atoms. The quantitative estimate of drug-likeness (QED) is 0.185. The lowest BCUT2D eigenvalue weighted by atomic mass is 9.80. The minimum absolute atomic E-state index is 0.0443. The first-order chi connectivity index (χ1) is 23.1. The molecule has 1 nitrogen and oxygen atoms in total. The molecule has 0 radical (unpaired) electrons. The monoisotopic (exact) mass is 619 g/mol. The largest absolute Gasteiger partial charge is 0.310 e. The topological polar surface area (TPSA) is 3.24 Å². The molecule has 0 aliphatic heterocycles. The van der Waals surface area contributed by atoms with Crippen LogP contribution >= 0.6 is 11.3 Å². The Hall–Kier alpha value is -5.44. The number of benzene rings is 7. The summed E-state index contributed by atoms with van der Waals surface area (Å²) in [4.78, 5) is 3.81. The van der Waals surface area contributed by atoms with Crippen molar-refractivity contribution in [1.82, 2.24) is 0 Å². The van der Waals surface area contributed by atoms with Gasteiger partial charge in [-0.05, 0) is 92.2 Å². The predicted octanol–water partition coefficient (Wildman–Crippen LogP) is 13.2. The van der Waals surface area contributed by atoms with E-state index in [0.29, 0.717) is 0 Å². The number of anilines is 3. The van der Waals surface area contributed by atoms with Crippen LogP contribution in [0.4, 0.5) is 17.1 Å². The molecule has 1 aliphatic rings. The Kier molecular flexibility index (Phi) is 6.41. The van der Waals surface area contributed by atoms with E-state index in [9.17, 15) is 0 Å². The second-order valence-electron chi connectivity index (χ2n) is 13.0. The van der Waals surface area contributed by atoms with Crippen LogP contribution in [0.5, 0.6) is 0 Å². The van der Waals surface area contributed by atoms with E-state index in [0.717, 1.165) is 11.4 Å². The van der Waals surface area contributed by atoms with E-state index in [1.807, 2.05) is 11.3 Å². The SMILES string of the molecule is CC1(C)c2cc(-c3ccc(N(c4ccc(-c5ccccc5)cc4)c4cccc5ccccc45)cc3)ccc2-c2sc3ccccc3c21. The van der Waals surface area contributed by atoms with E-state index in [1.165, 1.54) is 70.4 Å². The van der Waals surface area contributed by atoms with Gasteiger partial charge in [0.25, 0.3) is 0 Å². The second-order valence-corrected chi connectivity index (χ2v) is 14.0. The average Bonchev–Trinajstić information content (AvgIpc) is 3.62. The third kappa shape index (κ3) is 4.52. The van der Waals surface area contributed by atoms with Gasteiger partial charge in [0.2, 0.25) is 0 Å². The van der Waals surface area contributed by atoms with Gasteiger partial charge in [-0.2, -0.15) is 0 Å². The molecule has 224 valence electrons. The fraction of sp³-hybridized carbons (Fsp3) is 0.0667. The molecule has 2 heteroatoms. The summed E-state index contributed by atoms with van der Waals surface area (Å²) in [7, 11) is 0. The van der Waals surface area contributed by atoms with Crippen molar-refractivity contribution in [3.63, 3.8) is 0 Å². The summed E-state index contributed by atoms with van der Waals surface area (Å²) in [6, 6.07) is 59.8. The van der Waals surface area contributed by atoms with Crippen molar-refractivity contribution >= 4 is 49.3 Å². The lowest BCUT2D eigenvalue weighted by Gasteiger charge is -2.27. The zero-order valence-electron chi connectivity index (χ0n) is 26.4. The number of rotatable bonds is 5. The molecule has 7 aromatic carbocycles. The van der Waals surface area contributed by atoms with Gasteiger partial charge in [-0.25, -0.2) is 0 Å². The maximum absolute atomic E-state index is 2.43. The van der Waals surface area contributed by atoms with E-state index in [4.69, 9.17) is 0 Å². The predicted molar refractivity (Wildman–Crippen MR) is 202 cm³/mol. The van der Waals surface area contributed by atoms with Gasteiger partial charge >= 0.3 is 0 Å². The van der Waals surface area contributed by atoms with Crippen molar-refractivity contribution in [2.45, 2.75) is 19.3 Å². The van der Waals surface area contributed by atoms with Crippen molar-refractivity contribution in [1.29, 1.82) is 0 Å². The van der Waals surface area contributed by atoms with Gasteiger partial charge in [0, 0.05) is 31.8 Å². The summed E-state index contributed by atoms with van der Waals surface area (Å²) in [5.41, 5.74) is 12.6. The van der Waals surface area contributed by atoms with Gasteiger partial charge < -0.3 is 4.90 Å². The number of nitrogens with zero attached hydrogens (tertiary/aromatic N) is 1. The second kappa shape index (κ2) is 10.8. The molecule has 0 N–H and O–H groups in total. The minimum atomic E-state index is -0.0443. The van der Waals surface area contributed by atoms with Gasteiger partial charge in [0.05, 0.1) is 5.69 Å². The lowest BCUT2D eigenvalue weighted by molar-refractivity contribution is 0.667. The fourth-order valence-electron chi connectivity index (χ4n) is 7.50. The van der Waals surface area contributed by atoms with Crippen LogP contribution in [-0.4, -0.2) is 0 Å². The fourth-order valence-corrected chi connectivity index (χ4v) is 8.90. The van der Waals surface area contributed by atoms with Crippen molar-refractivity contribution in [3.8, 4) is 32.7 Å². The van der Waals surface area contributed by atoms with Gasteiger partial charge in [-0.15, -0.1) is 11.3 Å². The highest BCUT2D eigenvalue weighted by molar-refractivity contribution is 7.22. The first-order valence-corrected chi connectivity index (χ1v) is 17.1. The Balaban J connectivity index is 1.12. The van der Waals surface area contributed by atoms with Crippen LogP contribution in [0.2, 0.25) is 0 Å². The molecule has 0 saturated carbocycles. The van der Waals surface area contributed by atoms with Gasteiger partial charge in [-0.1, -0.05) is 135 Å². The zero-order chi connectivity index (χ0) is 31.5. The number of hydrogen-bond acceptors (Lipinski definition) is 2. The van der Waals surface area contributed by atoms with Crippen LogP contribution in [0, 0.1) is 0 Å². The Morgan fingerprint density at radius 2 is 1.06 bits per heavy atom. The third-order valence-corrected chi connectivity index (χ3v) is 11.1. The van der Waals surface area contributed by atoms with Crippen molar-refractivity contribution in [2.24, 2.45) is 0 Å². The van der Waals surface area contributed by atoms with Crippen LogP contribution < -0.4 is 4.90 Å². The zero-order valence-corrected chi connectivity index (χ0v) is 27.3. The molecule has 1 aromatic heterocycles. The third-order valence-electron chi connectivity index (χ3n) is 9.86. The van der Waals surface area contributed by atoms with Crippen molar-refractivity contribution in [3.05, 3.63) is 175 Å². The normalized spacial score (nSPS) is 13.1. The Bertz CT molecular complexity index is 2410. The maximum Gasteiger partial charge on any atom is 0.0540 e. The molecule has 0 saturated heterocycles. The first-order valence-electron chi connectivity index (χ1n) is 16.3. The molecule has 0 spiro atoms. The van der Waals surface area contributed by atoms with Gasteiger partial charge in [0.15, 0.2) is 0 Å². The number of hydrogen-bond donors (Lipinski definition) is 0. The molecular weight excluding hydrogens is 587 g/mol. The van der Waals surface area contributed by atoms with E-state index in [2.05, 4.69) is 183 Å².